The number of hydrogen-bond donors (Lipinski definition) is 1. The van der Waals surface area contributed by atoms with Gasteiger partial charge in [-0.2, -0.15) is 17.0 Å². The van der Waals surface area contributed by atoms with E-state index in [4.69, 9.17) is 0 Å². The normalized spacial score (nSPS) is 27.2. The Balaban J connectivity index is 2.06. The zero-order valence-corrected chi connectivity index (χ0v) is 14.2. The SMILES string of the molecule is CCNCC1CCCCN1S(=O)(=O)N1CCCCCCC1. The molecule has 0 aliphatic carbocycles. The highest BCUT2D eigenvalue weighted by Gasteiger charge is 2.36. The van der Waals surface area contributed by atoms with Gasteiger partial charge in [0, 0.05) is 32.2 Å². The molecule has 1 atom stereocenters. The smallest absolute Gasteiger partial charge is 0.282 e. The van der Waals surface area contributed by atoms with Gasteiger partial charge in [0.15, 0.2) is 0 Å². The van der Waals surface area contributed by atoms with Gasteiger partial charge in [-0.15, -0.1) is 0 Å². The lowest BCUT2D eigenvalue weighted by molar-refractivity contribution is 0.223. The van der Waals surface area contributed by atoms with Crippen molar-refractivity contribution in [2.75, 3.05) is 32.7 Å². The highest BCUT2D eigenvalue weighted by Crippen LogP contribution is 2.24. The minimum atomic E-state index is -3.28. The fraction of sp³-hybridized carbons (Fsp3) is 1.00. The number of rotatable bonds is 5. The predicted molar refractivity (Wildman–Crippen MR) is 86.5 cm³/mol. The van der Waals surface area contributed by atoms with E-state index in [9.17, 15) is 8.42 Å². The van der Waals surface area contributed by atoms with Gasteiger partial charge in [-0.3, -0.25) is 0 Å². The maximum absolute atomic E-state index is 13.0. The second-order valence-corrected chi connectivity index (χ2v) is 8.12. The summed E-state index contributed by atoms with van der Waals surface area (Å²) in [7, 11) is -3.28. The van der Waals surface area contributed by atoms with E-state index in [-0.39, 0.29) is 6.04 Å². The first kappa shape index (κ1) is 17.2. The molecule has 2 aliphatic heterocycles. The van der Waals surface area contributed by atoms with E-state index in [0.29, 0.717) is 19.6 Å². The van der Waals surface area contributed by atoms with E-state index in [2.05, 4.69) is 12.2 Å². The van der Waals surface area contributed by atoms with Gasteiger partial charge in [-0.25, -0.2) is 0 Å². The van der Waals surface area contributed by atoms with Gasteiger partial charge >= 0.3 is 0 Å². The molecule has 0 aromatic heterocycles. The molecule has 1 unspecified atom stereocenters. The van der Waals surface area contributed by atoms with Crippen LogP contribution in [0.2, 0.25) is 0 Å². The number of piperidine rings is 1. The van der Waals surface area contributed by atoms with Gasteiger partial charge in [0.1, 0.15) is 0 Å². The first-order chi connectivity index (χ1) is 10.2. The molecule has 5 nitrogen and oxygen atoms in total. The number of nitrogens with zero attached hydrogens (tertiary/aromatic N) is 2. The number of likely N-dealkylation sites (N-methyl/N-ethyl adjacent to an activating group) is 1. The third kappa shape index (κ3) is 4.65. The van der Waals surface area contributed by atoms with Crippen molar-refractivity contribution in [1.29, 1.82) is 0 Å². The summed E-state index contributed by atoms with van der Waals surface area (Å²) in [6, 6.07) is 0.133. The molecule has 0 saturated carbocycles. The van der Waals surface area contributed by atoms with Crippen molar-refractivity contribution in [2.24, 2.45) is 0 Å². The molecule has 1 N–H and O–H groups in total. The van der Waals surface area contributed by atoms with Gasteiger partial charge in [0.05, 0.1) is 0 Å². The third-order valence-corrected chi connectivity index (χ3v) is 6.73. The fourth-order valence-corrected chi connectivity index (χ4v) is 5.32. The minimum Gasteiger partial charge on any atom is -0.315 e. The molecule has 0 amide bonds. The summed E-state index contributed by atoms with van der Waals surface area (Å²) >= 11 is 0. The van der Waals surface area contributed by atoms with Crippen LogP contribution in [0.1, 0.15) is 58.3 Å². The van der Waals surface area contributed by atoms with E-state index >= 15 is 0 Å². The second-order valence-electron chi connectivity index (χ2n) is 6.24. The quantitative estimate of drug-likeness (QED) is 0.843. The summed E-state index contributed by atoms with van der Waals surface area (Å²) in [5, 5.41) is 3.32. The molecule has 21 heavy (non-hydrogen) atoms. The molecule has 0 radical (unpaired) electrons. The van der Waals surface area contributed by atoms with Crippen molar-refractivity contribution in [1.82, 2.24) is 13.9 Å². The van der Waals surface area contributed by atoms with E-state index in [1.807, 2.05) is 0 Å². The average Bonchev–Trinajstić information content (AvgIpc) is 2.44. The predicted octanol–water partition coefficient (Wildman–Crippen LogP) is 1.96. The topological polar surface area (TPSA) is 52.7 Å². The van der Waals surface area contributed by atoms with Crippen LogP contribution in [-0.4, -0.2) is 55.8 Å². The Morgan fingerprint density at radius 3 is 2.24 bits per heavy atom. The highest BCUT2D eigenvalue weighted by molar-refractivity contribution is 7.86. The maximum atomic E-state index is 13.0. The second kappa shape index (κ2) is 8.46. The lowest BCUT2D eigenvalue weighted by Gasteiger charge is -2.38. The number of nitrogens with one attached hydrogen (secondary N) is 1. The van der Waals surface area contributed by atoms with Crippen LogP contribution in [0.25, 0.3) is 0 Å². The maximum Gasteiger partial charge on any atom is 0.282 e. The Hall–Kier alpha value is -0.170. The van der Waals surface area contributed by atoms with Gasteiger partial charge in [0.25, 0.3) is 10.2 Å². The van der Waals surface area contributed by atoms with Crippen molar-refractivity contribution < 1.29 is 8.42 Å². The van der Waals surface area contributed by atoms with Gasteiger partial charge in [-0.1, -0.05) is 32.6 Å². The molecule has 2 heterocycles. The van der Waals surface area contributed by atoms with E-state index < -0.39 is 10.2 Å². The molecule has 6 heteroatoms. The first-order valence-corrected chi connectivity index (χ1v) is 10.0. The Morgan fingerprint density at radius 2 is 1.57 bits per heavy atom. The Bertz CT molecular complexity index is 392. The molecule has 2 fully saturated rings. The zero-order valence-electron chi connectivity index (χ0n) is 13.4. The molecular formula is C15H31N3O2S. The Labute approximate surface area is 130 Å². The minimum absolute atomic E-state index is 0.133. The fourth-order valence-electron chi connectivity index (χ4n) is 3.39. The van der Waals surface area contributed by atoms with Crippen LogP contribution in [0.3, 0.4) is 0 Å². The molecule has 0 bridgehead atoms. The van der Waals surface area contributed by atoms with E-state index in [0.717, 1.165) is 58.0 Å². The van der Waals surface area contributed by atoms with Crippen LogP contribution in [0, 0.1) is 0 Å². The number of hydrogen-bond acceptors (Lipinski definition) is 3. The van der Waals surface area contributed by atoms with Crippen molar-refractivity contribution in [3.05, 3.63) is 0 Å². The van der Waals surface area contributed by atoms with Crippen molar-refractivity contribution >= 4 is 10.2 Å². The lowest BCUT2D eigenvalue weighted by atomic mass is 10.1. The highest BCUT2D eigenvalue weighted by atomic mass is 32.2. The van der Waals surface area contributed by atoms with Crippen molar-refractivity contribution in [3.63, 3.8) is 0 Å². The summed E-state index contributed by atoms with van der Waals surface area (Å²) in [4.78, 5) is 0. The summed E-state index contributed by atoms with van der Waals surface area (Å²) in [6.07, 6.45) is 8.70. The molecular weight excluding hydrogens is 286 g/mol. The van der Waals surface area contributed by atoms with Gasteiger partial charge < -0.3 is 5.32 Å². The molecule has 2 aliphatic rings. The monoisotopic (exact) mass is 317 g/mol. The first-order valence-electron chi connectivity index (χ1n) is 8.64. The van der Waals surface area contributed by atoms with E-state index in [1.54, 1.807) is 8.61 Å². The van der Waals surface area contributed by atoms with Crippen LogP contribution in [0.5, 0.6) is 0 Å². The third-order valence-electron chi connectivity index (χ3n) is 4.64. The Kier molecular flexibility index (Phi) is 6.92. The largest absolute Gasteiger partial charge is 0.315 e. The van der Waals surface area contributed by atoms with Crippen molar-refractivity contribution in [2.45, 2.75) is 64.3 Å². The standard InChI is InChI=1S/C15H31N3O2S/c1-2-16-14-15-10-6-9-13-18(15)21(19,20)17-11-7-4-3-5-8-12-17/h15-16H,2-14H2,1H3. The zero-order chi connectivity index (χ0) is 15.1. The van der Waals surface area contributed by atoms with Crippen LogP contribution in [0.15, 0.2) is 0 Å². The molecule has 0 spiro atoms. The Morgan fingerprint density at radius 1 is 0.952 bits per heavy atom. The van der Waals surface area contributed by atoms with Crippen LogP contribution >= 0.6 is 0 Å². The van der Waals surface area contributed by atoms with E-state index in [1.165, 1.54) is 6.42 Å². The van der Waals surface area contributed by atoms with Crippen LogP contribution < -0.4 is 5.32 Å². The van der Waals surface area contributed by atoms with Crippen LogP contribution in [0.4, 0.5) is 0 Å². The molecule has 0 aromatic rings. The molecule has 124 valence electrons. The molecule has 0 aromatic carbocycles. The molecule has 2 rings (SSSR count). The summed E-state index contributed by atoms with van der Waals surface area (Å²) in [5.41, 5.74) is 0. The summed E-state index contributed by atoms with van der Waals surface area (Å²) in [6.45, 7) is 5.84. The lowest BCUT2D eigenvalue weighted by Crippen LogP contribution is -2.54. The van der Waals surface area contributed by atoms with Crippen molar-refractivity contribution in [3.8, 4) is 0 Å². The van der Waals surface area contributed by atoms with Gasteiger partial charge in [-0.05, 0) is 32.2 Å². The van der Waals surface area contributed by atoms with Crippen LogP contribution in [-0.2, 0) is 10.2 Å². The molecule has 2 saturated heterocycles. The van der Waals surface area contributed by atoms with Gasteiger partial charge in [0.2, 0.25) is 0 Å². The summed E-state index contributed by atoms with van der Waals surface area (Å²) < 4.78 is 29.5. The summed E-state index contributed by atoms with van der Waals surface area (Å²) in [5.74, 6) is 0. The average molecular weight is 317 g/mol.